The van der Waals surface area contributed by atoms with Gasteiger partial charge in [0.15, 0.2) is 0 Å². The summed E-state index contributed by atoms with van der Waals surface area (Å²) in [6.07, 6.45) is 0. The fourth-order valence-electron chi connectivity index (χ4n) is 2.00. The molecule has 0 heterocycles. The van der Waals surface area contributed by atoms with Crippen LogP contribution in [-0.2, 0) is 6.54 Å². The van der Waals surface area contributed by atoms with Gasteiger partial charge in [-0.15, -0.1) is 0 Å². The molecule has 0 saturated heterocycles. The highest BCUT2D eigenvalue weighted by atomic mass is 79.9. The van der Waals surface area contributed by atoms with Gasteiger partial charge in [-0.25, -0.2) is 0 Å². The highest BCUT2D eigenvalue weighted by Gasteiger charge is 2.04. The zero-order valence-corrected chi connectivity index (χ0v) is 12.1. The number of aromatic hydroxyl groups is 1. The highest BCUT2D eigenvalue weighted by Crippen LogP contribution is 2.28. The van der Waals surface area contributed by atoms with Crippen LogP contribution in [0.2, 0.25) is 0 Å². The first-order valence-electron chi connectivity index (χ1n) is 5.85. The molecule has 2 rings (SSSR count). The normalized spacial score (nSPS) is 10.4. The summed E-state index contributed by atoms with van der Waals surface area (Å²) in [6, 6.07) is 11.5. The predicted molar refractivity (Wildman–Crippen MR) is 79.0 cm³/mol. The summed E-state index contributed by atoms with van der Waals surface area (Å²) in [5.41, 5.74) is 4.61. The van der Waals surface area contributed by atoms with E-state index in [9.17, 15) is 5.11 Å². The topological polar surface area (TPSA) is 32.3 Å². The molecular formula is C15H16BrNO. The number of phenols is 1. The Morgan fingerprint density at radius 3 is 2.61 bits per heavy atom. The summed E-state index contributed by atoms with van der Waals surface area (Å²) in [4.78, 5) is 0. The number of halogens is 1. The van der Waals surface area contributed by atoms with Gasteiger partial charge in [-0.3, -0.25) is 0 Å². The molecule has 0 fully saturated rings. The van der Waals surface area contributed by atoms with Gasteiger partial charge >= 0.3 is 0 Å². The molecule has 2 aromatic carbocycles. The summed E-state index contributed by atoms with van der Waals surface area (Å²) in [7, 11) is 0. The number of hydrogen-bond donors (Lipinski definition) is 2. The first kappa shape index (κ1) is 13.0. The van der Waals surface area contributed by atoms with Gasteiger partial charge in [0.2, 0.25) is 0 Å². The Labute approximate surface area is 116 Å². The van der Waals surface area contributed by atoms with E-state index in [1.165, 1.54) is 11.1 Å². The highest BCUT2D eigenvalue weighted by molar-refractivity contribution is 9.10. The molecule has 0 aliphatic carbocycles. The summed E-state index contributed by atoms with van der Waals surface area (Å²) < 4.78 is 1.07. The second-order valence-corrected chi connectivity index (χ2v) is 5.32. The number of nitrogens with one attached hydrogen (secondary N) is 1. The molecule has 2 aromatic rings. The molecule has 0 atom stereocenters. The zero-order valence-electron chi connectivity index (χ0n) is 10.5. The lowest BCUT2D eigenvalue weighted by Gasteiger charge is -2.13. The molecule has 2 nitrogen and oxygen atoms in total. The first-order valence-corrected chi connectivity index (χ1v) is 6.64. The van der Waals surface area contributed by atoms with Crippen molar-refractivity contribution in [1.82, 2.24) is 0 Å². The van der Waals surface area contributed by atoms with Crippen molar-refractivity contribution in [3.05, 3.63) is 57.6 Å². The maximum Gasteiger partial charge on any atom is 0.115 e. The van der Waals surface area contributed by atoms with Crippen molar-refractivity contribution in [3.63, 3.8) is 0 Å². The average Bonchev–Trinajstić information content (AvgIpc) is 2.27. The molecule has 0 aliphatic heterocycles. The maximum atomic E-state index is 9.42. The smallest absolute Gasteiger partial charge is 0.115 e. The van der Waals surface area contributed by atoms with Gasteiger partial charge in [-0.1, -0.05) is 18.2 Å². The lowest BCUT2D eigenvalue weighted by molar-refractivity contribution is 0.474. The second kappa shape index (κ2) is 5.44. The molecule has 2 N–H and O–H groups in total. The van der Waals surface area contributed by atoms with Crippen LogP contribution in [-0.4, -0.2) is 5.11 Å². The van der Waals surface area contributed by atoms with E-state index in [1.54, 1.807) is 12.1 Å². The van der Waals surface area contributed by atoms with E-state index in [0.717, 1.165) is 15.7 Å². The third-order valence-corrected chi connectivity index (χ3v) is 3.44. The fraction of sp³-hybridized carbons (Fsp3) is 0.200. The van der Waals surface area contributed by atoms with E-state index >= 15 is 0 Å². The minimum atomic E-state index is 0.300. The van der Waals surface area contributed by atoms with Crippen molar-refractivity contribution in [3.8, 4) is 5.75 Å². The molecule has 0 spiro atoms. The standard InChI is InChI=1S/C15H16BrNO/c1-10-6-11(2)15(14(16)7-10)17-9-12-4-3-5-13(18)8-12/h3-8,17-18H,9H2,1-2H3. The van der Waals surface area contributed by atoms with Crippen molar-refractivity contribution in [2.45, 2.75) is 20.4 Å². The van der Waals surface area contributed by atoms with E-state index in [2.05, 4.69) is 47.2 Å². The number of aryl methyl sites for hydroxylation is 2. The number of benzene rings is 2. The van der Waals surface area contributed by atoms with Crippen LogP contribution in [0.25, 0.3) is 0 Å². The fourth-order valence-corrected chi connectivity index (χ4v) is 2.81. The van der Waals surface area contributed by atoms with Gasteiger partial charge < -0.3 is 10.4 Å². The molecule has 0 radical (unpaired) electrons. The maximum absolute atomic E-state index is 9.42. The van der Waals surface area contributed by atoms with E-state index in [4.69, 9.17) is 0 Å². The van der Waals surface area contributed by atoms with Crippen LogP contribution in [0.5, 0.6) is 5.75 Å². The van der Waals surface area contributed by atoms with Crippen LogP contribution in [0, 0.1) is 13.8 Å². The molecule has 94 valence electrons. The number of rotatable bonds is 3. The Morgan fingerprint density at radius 1 is 1.17 bits per heavy atom. The Hall–Kier alpha value is -1.48. The summed E-state index contributed by atoms with van der Waals surface area (Å²) in [5, 5.41) is 12.8. The Balaban J connectivity index is 2.16. The molecule has 0 amide bonds. The molecule has 0 saturated carbocycles. The third kappa shape index (κ3) is 3.05. The van der Waals surface area contributed by atoms with Gasteiger partial charge in [0.1, 0.15) is 5.75 Å². The zero-order chi connectivity index (χ0) is 13.1. The molecule has 18 heavy (non-hydrogen) atoms. The monoisotopic (exact) mass is 305 g/mol. The van der Waals surface area contributed by atoms with Crippen molar-refractivity contribution in [1.29, 1.82) is 0 Å². The van der Waals surface area contributed by atoms with Gasteiger partial charge in [0, 0.05) is 11.0 Å². The quantitative estimate of drug-likeness (QED) is 0.882. The Bertz CT molecular complexity index is 543. The molecular weight excluding hydrogens is 290 g/mol. The van der Waals surface area contributed by atoms with Crippen molar-refractivity contribution >= 4 is 21.6 Å². The summed E-state index contributed by atoms with van der Waals surface area (Å²) in [6.45, 7) is 4.86. The average molecular weight is 306 g/mol. The molecule has 0 aliphatic rings. The Kier molecular flexibility index (Phi) is 3.92. The van der Waals surface area contributed by atoms with Gasteiger partial charge in [-0.05, 0) is 64.7 Å². The largest absolute Gasteiger partial charge is 0.508 e. The van der Waals surface area contributed by atoms with Crippen molar-refractivity contribution < 1.29 is 5.11 Å². The Morgan fingerprint density at radius 2 is 1.94 bits per heavy atom. The van der Waals surface area contributed by atoms with E-state index in [0.29, 0.717) is 12.3 Å². The number of phenolic OH excluding ortho intramolecular Hbond substituents is 1. The molecule has 0 aromatic heterocycles. The van der Waals surface area contributed by atoms with E-state index in [-0.39, 0.29) is 0 Å². The van der Waals surface area contributed by atoms with Crippen LogP contribution >= 0.6 is 15.9 Å². The number of anilines is 1. The minimum absolute atomic E-state index is 0.300. The molecule has 3 heteroatoms. The predicted octanol–water partition coefficient (Wildman–Crippen LogP) is 4.38. The summed E-state index contributed by atoms with van der Waals surface area (Å²) in [5.74, 6) is 0.300. The SMILES string of the molecule is Cc1cc(C)c(NCc2cccc(O)c2)c(Br)c1. The van der Waals surface area contributed by atoms with Crippen molar-refractivity contribution in [2.75, 3.05) is 5.32 Å². The molecule has 0 bridgehead atoms. The van der Waals surface area contributed by atoms with Crippen LogP contribution in [0.15, 0.2) is 40.9 Å². The lowest BCUT2D eigenvalue weighted by Crippen LogP contribution is -2.02. The minimum Gasteiger partial charge on any atom is -0.508 e. The third-order valence-electron chi connectivity index (χ3n) is 2.81. The van der Waals surface area contributed by atoms with Gasteiger partial charge in [-0.2, -0.15) is 0 Å². The van der Waals surface area contributed by atoms with Crippen molar-refractivity contribution in [2.24, 2.45) is 0 Å². The summed E-state index contributed by atoms with van der Waals surface area (Å²) >= 11 is 3.57. The van der Waals surface area contributed by atoms with Gasteiger partial charge in [0.05, 0.1) is 5.69 Å². The number of hydrogen-bond acceptors (Lipinski definition) is 2. The van der Waals surface area contributed by atoms with Gasteiger partial charge in [0.25, 0.3) is 0 Å². The second-order valence-electron chi connectivity index (χ2n) is 4.46. The van der Waals surface area contributed by atoms with E-state index < -0.39 is 0 Å². The molecule has 0 unspecified atom stereocenters. The van der Waals surface area contributed by atoms with Crippen LogP contribution in [0.4, 0.5) is 5.69 Å². The van der Waals surface area contributed by atoms with Crippen LogP contribution in [0.1, 0.15) is 16.7 Å². The van der Waals surface area contributed by atoms with Crippen LogP contribution < -0.4 is 5.32 Å². The lowest BCUT2D eigenvalue weighted by atomic mass is 10.1. The van der Waals surface area contributed by atoms with Crippen LogP contribution in [0.3, 0.4) is 0 Å². The first-order chi connectivity index (χ1) is 8.56. The van der Waals surface area contributed by atoms with E-state index in [1.807, 2.05) is 12.1 Å².